The summed E-state index contributed by atoms with van der Waals surface area (Å²) in [4.78, 5) is 28.4. The number of carbonyl (C=O) groups excluding carboxylic acids is 2. The Balaban J connectivity index is 1.95. The Morgan fingerprint density at radius 2 is 1.68 bits per heavy atom. The van der Waals surface area contributed by atoms with Gasteiger partial charge in [0.05, 0.1) is 19.1 Å². The van der Waals surface area contributed by atoms with Gasteiger partial charge in [0, 0.05) is 27.7 Å². The zero-order chi connectivity index (χ0) is 28.0. The van der Waals surface area contributed by atoms with Crippen LogP contribution >= 0.6 is 34.8 Å². The van der Waals surface area contributed by atoms with Crippen molar-refractivity contribution in [2.75, 3.05) is 24.2 Å². The Labute approximate surface area is 239 Å². The molecule has 1 atom stereocenters. The van der Waals surface area contributed by atoms with Gasteiger partial charge in [0.2, 0.25) is 21.8 Å². The molecule has 0 aromatic heterocycles. The molecule has 1 fully saturated rings. The van der Waals surface area contributed by atoms with E-state index >= 15 is 0 Å². The lowest BCUT2D eigenvalue weighted by Gasteiger charge is -2.33. The fraction of sp³-hybridized carbons (Fsp3) is 0.462. The average Bonchev–Trinajstić information content (AvgIpc) is 2.86. The van der Waals surface area contributed by atoms with Crippen molar-refractivity contribution in [2.45, 2.75) is 57.7 Å². The van der Waals surface area contributed by atoms with Crippen molar-refractivity contribution in [1.82, 2.24) is 10.2 Å². The van der Waals surface area contributed by atoms with E-state index in [9.17, 15) is 18.0 Å². The summed E-state index contributed by atoms with van der Waals surface area (Å²) in [7, 11) is -2.56. The first-order valence-electron chi connectivity index (χ1n) is 12.3. The van der Waals surface area contributed by atoms with Gasteiger partial charge in [0.25, 0.3) is 0 Å². The second kappa shape index (κ2) is 13.2. The first-order chi connectivity index (χ1) is 17.9. The summed E-state index contributed by atoms with van der Waals surface area (Å²) in [5.41, 5.74) is 0.674. The summed E-state index contributed by atoms with van der Waals surface area (Å²) in [6.45, 7) is 1.00. The number of ether oxygens (including phenoxy) is 1. The minimum atomic E-state index is -3.95. The maximum atomic E-state index is 13.8. The lowest BCUT2D eigenvalue weighted by molar-refractivity contribution is -0.139. The van der Waals surface area contributed by atoms with Gasteiger partial charge in [-0.3, -0.25) is 13.9 Å². The summed E-state index contributed by atoms with van der Waals surface area (Å²) in [5.74, 6) is -0.695. The van der Waals surface area contributed by atoms with Crippen LogP contribution in [0, 0.1) is 0 Å². The van der Waals surface area contributed by atoms with E-state index in [1.807, 2.05) is 0 Å². The first kappa shape index (κ1) is 30.3. The molecule has 12 heteroatoms. The average molecular weight is 605 g/mol. The van der Waals surface area contributed by atoms with Crippen molar-refractivity contribution < 1.29 is 22.7 Å². The molecule has 0 radical (unpaired) electrons. The predicted octanol–water partition coefficient (Wildman–Crippen LogP) is 5.29. The molecule has 8 nitrogen and oxygen atoms in total. The van der Waals surface area contributed by atoms with Crippen molar-refractivity contribution >= 4 is 62.3 Å². The van der Waals surface area contributed by atoms with Crippen LogP contribution in [-0.2, 0) is 26.2 Å². The van der Waals surface area contributed by atoms with Gasteiger partial charge in [-0.1, -0.05) is 60.1 Å². The smallest absolute Gasteiger partial charge is 0.244 e. The highest BCUT2D eigenvalue weighted by Gasteiger charge is 2.32. The van der Waals surface area contributed by atoms with Crippen LogP contribution in [0.2, 0.25) is 15.1 Å². The number of hydrogen-bond donors (Lipinski definition) is 1. The van der Waals surface area contributed by atoms with Crippen molar-refractivity contribution in [3.05, 3.63) is 57.0 Å². The molecule has 0 bridgehead atoms. The third-order valence-corrected chi connectivity index (χ3v) is 8.51. The van der Waals surface area contributed by atoms with Crippen LogP contribution in [0.3, 0.4) is 0 Å². The van der Waals surface area contributed by atoms with Crippen LogP contribution < -0.4 is 14.4 Å². The van der Waals surface area contributed by atoms with E-state index in [1.165, 1.54) is 24.1 Å². The molecule has 1 saturated carbocycles. The number of sulfonamides is 1. The fourth-order valence-electron chi connectivity index (χ4n) is 4.44. The monoisotopic (exact) mass is 603 g/mol. The lowest BCUT2D eigenvalue weighted by Crippen LogP contribution is -2.53. The van der Waals surface area contributed by atoms with Gasteiger partial charge in [-0.05, 0) is 55.7 Å². The standard InChI is InChI=1S/C26H32Cl3N3O5S/c1-17(26(34)30-21-7-5-4-6-8-21)31(15-18-9-10-19(27)13-22(18)29)25(33)16-32(38(3,35)36)23-14-20(28)11-12-24(23)37-2/h9-14,17,21H,4-8,15-16H2,1-3H3,(H,30,34)/t17-/m1/s1. The van der Waals surface area contributed by atoms with Gasteiger partial charge < -0.3 is 15.0 Å². The number of nitrogens with one attached hydrogen (secondary N) is 1. The van der Waals surface area contributed by atoms with E-state index < -0.39 is 28.5 Å². The highest BCUT2D eigenvalue weighted by Crippen LogP contribution is 2.33. The van der Waals surface area contributed by atoms with Crippen LogP contribution in [0.4, 0.5) is 5.69 Å². The molecule has 38 heavy (non-hydrogen) atoms. The second-order valence-corrected chi connectivity index (χ2v) is 12.5. The zero-order valence-electron chi connectivity index (χ0n) is 21.5. The lowest BCUT2D eigenvalue weighted by atomic mass is 9.95. The Morgan fingerprint density at radius 3 is 2.29 bits per heavy atom. The van der Waals surface area contributed by atoms with Crippen molar-refractivity contribution in [1.29, 1.82) is 0 Å². The molecular weight excluding hydrogens is 573 g/mol. The molecule has 1 N–H and O–H groups in total. The summed E-state index contributed by atoms with van der Waals surface area (Å²) in [5, 5.41) is 4.07. The molecule has 0 saturated heterocycles. The van der Waals surface area contributed by atoms with Gasteiger partial charge >= 0.3 is 0 Å². The molecule has 1 aliphatic rings. The number of carbonyl (C=O) groups is 2. The number of nitrogens with zero attached hydrogens (tertiary/aromatic N) is 2. The largest absolute Gasteiger partial charge is 0.495 e. The van der Waals surface area contributed by atoms with E-state index in [1.54, 1.807) is 31.2 Å². The predicted molar refractivity (Wildman–Crippen MR) is 152 cm³/mol. The number of anilines is 1. The zero-order valence-corrected chi connectivity index (χ0v) is 24.6. The van der Waals surface area contributed by atoms with Gasteiger partial charge in [-0.25, -0.2) is 8.42 Å². The molecule has 2 aromatic rings. The number of rotatable bonds is 10. The van der Waals surface area contributed by atoms with Gasteiger partial charge in [0.15, 0.2) is 0 Å². The van der Waals surface area contributed by atoms with E-state index in [0.29, 0.717) is 15.6 Å². The van der Waals surface area contributed by atoms with E-state index in [4.69, 9.17) is 39.5 Å². The van der Waals surface area contributed by atoms with Gasteiger partial charge in [0.1, 0.15) is 18.3 Å². The normalized spacial score (nSPS) is 15.0. The third kappa shape index (κ3) is 7.91. The van der Waals surface area contributed by atoms with E-state index in [0.717, 1.165) is 42.7 Å². The molecule has 0 unspecified atom stereocenters. The van der Waals surface area contributed by atoms with Crippen molar-refractivity contribution in [2.24, 2.45) is 0 Å². The Morgan fingerprint density at radius 1 is 1.05 bits per heavy atom. The van der Waals surface area contributed by atoms with Crippen molar-refractivity contribution in [3.8, 4) is 5.75 Å². The summed E-state index contributed by atoms with van der Waals surface area (Å²) in [6, 6.07) is 8.48. The Hall–Kier alpha value is -2.20. The van der Waals surface area contributed by atoms with E-state index in [2.05, 4.69) is 5.32 Å². The molecule has 2 amide bonds. The van der Waals surface area contributed by atoms with Crippen LogP contribution in [0.5, 0.6) is 5.75 Å². The summed E-state index contributed by atoms with van der Waals surface area (Å²) >= 11 is 18.6. The Bertz CT molecular complexity index is 1270. The first-order valence-corrected chi connectivity index (χ1v) is 15.2. The molecular formula is C26H32Cl3N3O5S. The number of hydrogen-bond acceptors (Lipinski definition) is 5. The quantitative estimate of drug-likeness (QED) is 0.398. The maximum absolute atomic E-state index is 13.8. The molecule has 0 heterocycles. The maximum Gasteiger partial charge on any atom is 0.244 e. The molecule has 1 aliphatic carbocycles. The van der Waals surface area contributed by atoms with Crippen LogP contribution in [0.25, 0.3) is 0 Å². The van der Waals surface area contributed by atoms with Gasteiger partial charge in [-0.2, -0.15) is 0 Å². The number of halogens is 3. The molecule has 0 aliphatic heterocycles. The molecule has 2 aromatic carbocycles. The van der Waals surface area contributed by atoms with Crippen LogP contribution in [0.1, 0.15) is 44.6 Å². The highest BCUT2D eigenvalue weighted by molar-refractivity contribution is 7.92. The third-order valence-electron chi connectivity index (χ3n) is 6.56. The highest BCUT2D eigenvalue weighted by atomic mass is 35.5. The summed E-state index contributed by atoms with van der Waals surface area (Å²) < 4.78 is 31.9. The fourth-order valence-corrected chi connectivity index (χ4v) is 5.92. The molecule has 0 spiro atoms. The van der Waals surface area contributed by atoms with Crippen molar-refractivity contribution in [3.63, 3.8) is 0 Å². The minimum Gasteiger partial charge on any atom is -0.495 e. The minimum absolute atomic E-state index is 0.0294. The van der Waals surface area contributed by atoms with Gasteiger partial charge in [-0.15, -0.1) is 0 Å². The summed E-state index contributed by atoms with van der Waals surface area (Å²) in [6.07, 6.45) is 5.95. The Kier molecular flexibility index (Phi) is 10.6. The molecule has 3 rings (SSSR count). The van der Waals surface area contributed by atoms with Crippen LogP contribution in [0.15, 0.2) is 36.4 Å². The second-order valence-electron chi connectivity index (χ2n) is 9.36. The molecule has 208 valence electrons. The number of amides is 2. The topological polar surface area (TPSA) is 96.0 Å². The SMILES string of the molecule is COc1ccc(Cl)cc1N(CC(=O)N(Cc1ccc(Cl)cc1Cl)[C@H](C)C(=O)NC1CCCCC1)S(C)(=O)=O. The van der Waals surface area contributed by atoms with Crippen LogP contribution in [-0.4, -0.2) is 57.1 Å². The number of benzene rings is 2. The number of methoxy groups -OCH3 is 1. The van der Waals surface area contributed by atoms with E-state index in [-0.39, 0.29) is 35.0 Å².